The third-order valence-electron chi connectivity index (χ3n) is 4.55. The van der Waals surface area contributed by atoms with Gasteiger partial charge in [0.2, 0.25) is 0 Å². The summed E-state index contributed by atoms with van der Waals surface area (Å²) in [6.45, 7) is 4.86. The van der Waals surface area contributed by atoms with E-state index in [1.54, 1.807) is 11.2 Å². The molecule has 0 radical (unpaired) electrons. The molecule has 0 spiro atoms. The van der Waals surface area contributed by atoms with E-state index < -0.39 is 22.4 Å². The molecule has 0 amide bonds. The molecular weight excluding hydrogens is 351 g/mol. The Hall–Kier alpha value is -2.55. The minimum absolute atomic E-state index is 0.219. The standard InChI is InChI=1S/C17H18F3N3O3/c1-12-4-9-26-16(12)11-21-5-7-22(8-6-21)14-3-2-13(17(18,19)20)10-15(14)23(24)25/h2-4,9-10H,5-8,11H2,1H3. The zero-order valence-electron chi connectivity index (χ0n) is 14.1. The number of rotatable bonds is 4. The molecule has 0 N–H and O–H groups in total. The highest BCUT2D eigenvalue weighted by atomic mass is 19.4. The number of nitro benzene ring substituents is 1. The topological polar surface area (TPSA) is 62.8 Å². The van der Waals surface area contributed by atoms with Gasteiger partial charge >= 0.3 is 6.18 Å². The monoisotopic (exact) mass is 369 g/mol. The molecule has 9 heteroatoms. The number of furan rings is 1. The summed E-state index contributed by atoms with van der Waals surface area (Å²) in [5.41, 5.74) is -0.252. The van der Waals surface area contributed by atoms with Gasteiger partial charge in [-0.05, 0) is 30.7 Å². The van der Waals surface area contributed by atoms with Crippen LogP contribution < -0.4 is 4.90 Å². The molecule has 3 rings (SSSR count). The second kappa shape index (κ2) is 6.99. The minimum Gasteiger partial charge on any atom is -0.468 e. The van der Waals surface area contributed by atoms with Crippen LogP contribution in [0.5, 0.6) is 0 Å². The molecule has 1 fully saturated rings. The van der Waals surface area contributed by atoms with Gasteiger partial charge in [0.05, 0.1) is 23.3 Å². The van der Waals surface area contributed by atoms with Crippen molar-refractivity contribution in [3.63, 3.8) is 0 Å². The number of halogens is 3. The molecule has 1 aliphatic heterocycles. The third-order valence-corrected chi connectivity index (χ3v) is 4.55. The van der Waals surface area contributed by atoms with Crippen LogP contribution in [0, 0.1) is 17.0 Å². The second-order valence-electron chi connectivity index (χ2n) is 6.25. The summed E-state index contributed by atoms with van der Waals surface area (Å²) < 4.78 is 43.9. The second-order valence-corrected chi connectivity index (χ2v) is 6.25. The van der Waals surface area contributed by atoms with Gasteiger partial charge in [-0.25, -0.2) is 0 Å². The minimum atomic E-state index is -4.61. The Balaban J connectivity index is 1.72. The number of nitrogens with zero attached hydrogens (tertiary/aromatic N) is 3. The Labute approximate surface area is 148 Å². The number of nitro groups is 1. The largest absolute Gasteiger partial charge is 0.468 e. The molecule has 0 unspecified atom stereocenters. The molecule has 1 saturated heterocycles. The number of benzene rings is 1. The van der Waals surface area contributed by atoms with E-state index in [0.717, 1.165) is 17.4 Å². The van der Waals surface area contributed by atoms with E-state index in [1.807, 2.05) is 13.0 Å². The van der Waals surface area contributed by atoms with E-state index >= 15 is 0 Å². The van der Waals surface area contributed by atoms with Gasteiger partial charge in [-0.1, -0.05) is 0 Å². The lowest BCUT2D eigenvalue weighted by Crippen LogP contribution is -2.46. The van der Waals surface area contributed by atoms with Crippen LogP contribution in [0.15, 0.2) is 34.9 Å². The van der Waals surface area contributed by atoms with Crippen molar-refractivity contribution in [1.29, 1.82) is 0 Å². The summed E-state index contributed by atoms with van der Waals surface area (Å²) in [5.74, 6) is 0.874. The van der Waals surface area contributed by atoms with Crippen molar-refractivity contribution in [1.82, 2.24) is 4.90 Å². The summed E-state index contributed by atoms with van der Waals surface area (Å²) in [7, 11) is 0. The van der Waals surface area contributed by atoms with Gasteiger partial charge in [0.1, 0.15) is 11.4 Å². The van der Waals surface area contributed by atoms with Crippen LogP contribution in [-0.2, 0) is 12.7 Å². The van der Waals surface area contributed by atoms with Gasteiger partial charge in [0.15, 0.2) is 0 Å². The average Bonchev–Trinajstić information content (AvgIpc) is 2.99. The number of hydrogen-bond donors (Lipinski definition) is 0. The Morgan fingerprint density at radius 2 is 1.88 bits per heavy atom. The fourth-order valence-electron chi connectivity index (χ4n) is 3.03. The SMILES string of the molecule is Cc1ccoc1CN1CCN(c2ccc(C(F)(F)F)cc2[N+](=O)[O-])CC1. The molecule has 1 aliphatic rings. The Kier molecular flexibility index (Phi) is 4.90. The first kappa shape index (κ1) is 18.2. The summed E-state index contributed by atoms with van der Waals surface area (Å²) in [4.78, 5) is 14.4. The van der Waals surface area contributed by atoms with Gasteiger partial charge in [0.25, 0.3) is 5.69 Å². The lowest BCUT2D eigenvalue weighted by Gasteiger charge is -2.35. The number of anilines is 1. The Morgan fingerprint density at radius 1 is 1.19 bits per heavy atom. The van der Waals surface area contributed by atoms with Crippen molar-refractivity contribution in [3.05, 3.63) is 57.5 Å². The van der Waals surface area contributed by atoms with Crippen molar-refractivity contribution in [2.24, 2.45) is 0 Å². The summed E-state index contributed by atoms with van der Waals surface area (Å²) in [6, 6.07) is 4.57. The lowest BCUT2D eigenvalue weighted by atomic mass is 10.1. The van der Waals surface area contributed by atoms with E-state index in [1.165, 1.54) is 6.07 Å². The van der Waals surface area contributed by atoms with Gasteiger partial charge < -0.3 is 9.32 Å². The van der Waals surface area contributed by atoms with Crippen LogP contribution in [0.25, 0.3) is 0 Å². The summed E-state index contributed by atoms with van der Waals surface area (Å²) in [5, 5.41) is 11.2. The van der Waals surface area contributed by atoms with Gasteiger partial charge in [0, 0.05) is 32.2 Å². The highest BCUT2D eigenvalue weighted by molar-refractivity contribution is 5.65. The maximum absolute atomic E-state index is 12.8. The van der Waals surface area contributed by atoms with E-state index in [-0.39, 0.29) is 5.69 Å². The maximum Gasteiger partial charge on any atom is 0.416 e. The Morgan fingerprint density at radius 3 is 2.42 bits per heavy atom. The van der Waals surface area contributed by atoms with Crippen molar-refractivity contribution in [3.8, 4) is 0 Å². The fourth-order valence-corrected chi connectivity index (χ4v) is 3.03. The van der Waals surface area contributed by atoms with Crippen molar-refractivity contribution < 1.29 is 22.5 Å². The van der Waals surface area contributed by atoms with Crippen LogP contribution in [0.2, 0.25) is 0 Å². The highest BCUT2D eigenvalue weighted by Gasteiger charge is 2.34. The maximum atomic E-state index is 12.8. The van der Waals surface area contributed by atoms with Crippen LogP contribution in [0.1, 0.15) is 16.9 Å². The molecular formula is C17H18F3N3O3. The average molecular weight is 369 g/mol. The first-order valence-electron chi connectivity index (χ1n) is 8.11. The summed E-state index contributed by atoms with van der Waals surface area (Å²) >= 11 is 0. The predicted molar refractivity (Wildman–Crippen MR) is 89.0 cm³/mol. The normalized spacial score (nSPS) is 16.1. The quantitative estimate of drug-likeness (QED) is 0.605. The third kappa shape index (κ3) is 3.82. The van der Waals surface area contributed by atoms with Gasteiger partial charge in [-0.2, -0.15) is 13.2 Å². The molecule has 2 aromatic rings. The molecule has 0 atom stereocenters. The zero-order valence-corrected chi connectivity index (χ0v) is 14.1. The first-order valence-corrected chi connectivity index (χ1v) is 8.11. The molecule has 1 aromatic heterocycles. The Bertz CT molecular complexity index is 796. The van der Waals surface area contributed by atoms with Crippen LogP contribution in [-0.4, -0.2) is 36.0 Å². The van der Waals surface area contributed by atoms with E-state index in [4.69, 9.17) is 4.42 Å². The van der Waals surface area contributed by atoms with Crippen molar-refractivity contribution >= 4 is 11.4 Å². The molecule has 140 valence electrons. The van der Waals surface area contributed by atoms with E-state index in [0.29, 0.717) is 38.8 Å². The fraction of sp³-hybridized carbons (Fsp3) is 0.412. The zero-order chi connectivity index (χ0) is 18.9. The molecule has 26 heavy (non-hydrogen) atoms. The van der Waals surface area contributed by atoms with Crippen molar-refractivity contribution in [2.75, 3.05) is 31.1 Å². The number of alkyl halides is 3. The first-order chi connectivity index (χ1) is 12.3. The van der Waals surface area contributed by atoms with Crippen LogP contribution in [0.4, 0.5) is 24.5 Å². The van der Waals surface area contributed by atoms with Gasteiger partial charge in [-0.15, -0.1) is 0 Å². The smallest absolute Gasteiger partial charge is 0.416 e. The number of aryl methyl sites for hydroxylation is 1. The molecule has 1 aromatic carbocycles. The molecule has 6 nitrogen and oxygen atoms in total. The van der Waals surface area contributed by atoms with Crippen molar-refractivity contribution in [2.45, 2.75) is 19.6 Å². The van der Waals surface area contributed by atoms with Crippen LogP contribution >= 0.6 is 0 Å². The van der Waals surface area contributed by atoms with Gasteiger partial charge in [-0.3, -0.25) is 15.0 Å². The van der Waals surface area contributed by atoms with E-state index in [2.05, 4.69) is 4.90 Å². The number of piperazine rings is 1. The lowest BCUT2D eigenvalue weighted by molar-refractivity contribution is -0.384. The molecule has 0 bridgehead atoms. The molecule has 0 saturated carbocycles. The highest BCUT2D eigenvalue weighted by Crippen LogP contribution is 2.36. The van der Waals surface area contributed by atoms with Crippen LogP contribution in [0.3, 0.4) is 0 Å². The molecule has 2 heterocycles. The summed E-state index contributed by atoms with van der Waals surface area (Å²) in [6.07, 6.45) is -2.98. The molecule has 0 aliphatic carbocycles. The van der Waals surface area contributed by atoms with E-state index in [9.17, 15) is 23.3 Å². The number of hydrogen-bond acceptors (Lipinski definition) is 5. The predicted octanol–water partition coefficient (Wildman–Crippen LogP) is 3.84.